The number of hydrogen-bond donors (Lipinski definition) is 1. The van der Waals surface area contributed by atoms with Crippen molar-refractivity contribution in [2.24, 2.45) is 17.8 Å². The van der Waals surface area contributed by atoms with Crippen molar-refractivity contribution >= 4 is 15.9 Å². The lowest BCUT2D eigenvalue weighted by atomic mass is 9.84. The summed E-state index contributed by atoms with van der Waals surface area (Å²) < 4.78 is 1.12. The van der Waals surface area contributed by atoms with E-state index in [1.807, 2.05) is 12.1 Å². The summed E-state index contributed by atoms with van der Waals surface area (Å²) in [5.74, 6) is 2.70. The van der Waals surface area contributed by atoms with E-state index in [1.165, 1.54) is 31.2 Å². The third kappa shape index (κ3) is 2.65. The van der Waals surface area contributed by atoms with Gasteiger partial charge in [-0.1, -0.05) is 40.5 Å². The van der Waals surface area contributed by atoms with Gasteiger partial charge in [0, 0.05) is 4.47 Å². The summed E-state index contributed by atoms with van der Waals surface area (Å²) in [6.45, 7) is 0. The van der Waals surface area contributed by atoms with Crippen LogP contribution in [-0.2, 0) is 6.42 Å². The van der Waals surface area contributed by atoms with E-state index in [9.17, 15) is 5.11 Å². The Labute approximate surface area is 118 Å². The van der Waals surface area contributed by atoms with Crippen molar-refractivity contribution in [3.63, 3.8) is 0 Å². The number of aliphatic hydroxyl groups is 1. The zero-order chi connectivity index (χ0) is 12.5. The minimum atomic E-state index is -0.173. The van der Waals surface area contributed by atoms with E-state index in [4.69, 9.17) is 0 Å². The Kier molecular flexibility index (Phi) is 3.76. The van der Waals surface area contributed by atoms with Crippen LogP contribution in [0.1, 0.15) is 37.7 Å². The predicted molar refractivity (Wildman–Crippen MR) is 77.4 cm³/mol. The molecule has 1 aromatic carbocycles. The van der Waals surface area contributed by atoms with Crippen LogP contribution in [0.25, 0.3) is 0 Å². The number of fused-ring (bicyclic) bond motifs is 2. The Hall–Kier alpha value is -0.340. The van der Waals surface area contributed by atoms with Crippen LogP contribution in [0.3, 0.4) is 0 Å². The van der Waals surface area contributed by atoms with E-state index < -0.39 is 0 Å². The average molecular weight is 309 g/mol. The highest BCUT2D eigenvalue weighted by molar-refractivity contribution is 9.10. The molecule has 0 saturated heterocycles. The third-order valence-electron chi connectivity index (χ3n) is 4.87. The van der Waals surface area contributed by atoms with Gasteiger partial charge in [-0.2, -0.15) is 0 Å². The van der Waals surface area contributed by atoms with Gasteiger partial charge in [-0.25, -0.2) is 0 Å². The minimum Gasteiger partial charge on any atom is -0.393 e. The predicted octanol–water partition coefficient (Wildman–Crippen LogP) is 4.18. The van der Waals surface area contributed by atoms with Crippen molar-refractivity contribution < 1.29 is 5.11 Å². The van der Waals surface area contributed by atoms with Gasteiger partial charge in [-0.3, -0.25) is 0 Å². The van der Waals surface area contributed by atoms with Crippen LogP contribution in [0.15, 0.2) is 28.7 Å². The molecule has 18 heavy (non-hydrogen) atoms. The van der Waals surface area contributed by atoms with Crippen LogP contribution in [-0.4, -0.2) is 11.2 Å². The Balaban J connectivity index is 1.56. The Morgan fingerprint density at radius 2 is 2.06 bits per heavy atom. The number of hydrogen-bond acceptors (Lipinski definition) is 1. The van der Waals surface area contributed by atoms with E-state index in [2.05, 4.69) is 28.1 Å². The number of aliphatic hydroxyl groups excluding tert-OH is 1. The molecule has 2 heteroatoms. The topological polar surface area (TPSA) is 20.2 Å². The molecule has 0 aromatic heterocycles. The van der Waals surface area contributed by atoms with Gasteiger partial charge < -0.3 is 5.11 Å². The van der Waals surface area contributed by atoms with Gasteiger partial charge >= 0.3 is 0 Å². The van der Waals surface area contributed by atoms with Gasteiger partial charge in [-0.15, -0.1) is 0 Å². The molecular formula is C16H21BrO. The molecule has 0 heterocycles. The first-order valence-electron chi connectivity index (χ1n) is 7.14. The molecule has 2 saturated carbocycles. The number of benzene rings is 1. The SMILES string of the molecule is OC(Cc1ccccc1Br)CC1CC2CCC1C2. The molecule has 1 aromatic rings. The molecular weight excluding hydrogens is 288 g/mol. The van der Waals surface area contributed by atoms with Crippen molar-refractivity contribution in [3.05, 3.63) is 34.3 Å². The zero-order valence-corrected chi connectivity index (χ0v) is 12.3. The normalized spacial score (nSPS) is 31.8. The number of rotatable bonds is 4. The molecule has 4 atom stereocenters. The summed E-state index contributed by atoms with van der Waals surface area (Å²) in [6, 6.07) is 8.23. The monoisotopic (exact) mass is 308 g/mol. The average Bonchev–Trinajstić information content (AvgIpc) is 2.94. The summed E-state index contributed by atoms with van der Waals surface area (Å²) in [7, 11) is 0. The molecule has 0 spiro atoms. The van der Waals surface area contributed by atoms with Crippen LogP contribution in [0.5, 0.6) is 0 Å². The molecule has 3 rings (SSSR count). The van der Waals surface area contributed by atoms with E-state index >= 15 is 0 Å². The van der Waals surface area contributed by atoms with Crippen molar-refractivity contribution in [2.75, 3.05) is 0 Å². The standard InChI is InChI=1S/C16H21BrO/c17-16-4-2-1-3-13(16)9-15(18)10-14-8-11-5-6-12(14)7-11/h1-4,11-12,14-15,18H,5-10H2. The van der Waals surface area contributed by atoms with E-state index in [0.717, 1.165) is 35.1 Å². The van der Waals surface area contributed by atoms with Gasteiger partial charge in [0.1, 0.15) is 0 Å². The van der Waals surface area contributed by atoms with Crippen molar-refractivity contribution in [2.45, 2.75) is 44.6 Å². The largest absolute Gasteiger partial charge is 0.393 e. The van der Waals surface area contributed by atoms with Crippen LogP contribution >= 0.6 is 15.9 Å². The second kappa shape index (κ2) is 5.34. The summed E-state index contributed by atoms with van der Waals surface area (Å²) in [5, 5.41) is 10.3. The Bertz CT molecular complexity index is 417. The summed E-state index contributed by atoms with van der Waals surface area (Å²) >= 11 is 3.56. The number of halogens is 1. The van der Waals surface area contributed by atoms with Crippen LogP contribution in [0, 0.1) is 17.8 Å². The Morgan fingerprint density at radius 3 is 2.72 bits per heavy atom. The fourth-order valence-electron chi connectivity index (χ4n) is 4.02. The molecule has 1 N–H and O–H groups in total. The highest BCUT2D eigenvalue weighted by Crippen LogP contribution is 2.50. The smallest absolute Gasteiger partial charge is 0.0583 e. The van der Waals surface area contributed by atoms with E-state index in [-0.39, 0.29) is 6.10 Å². The molecule has 2 aliphatic carbocycles. The maximum Gasteiger partial charge on any atom is 0.0583 e. The molecule has 2 aliphatic rings. The van der Waals surface area contributed by atoms with E-state index in [1.54, 1.807) is 0 Å². The van der Waals surface area contributed by atoms with Gasteiger partial charge in [0.15, 0.2) is 0 Å². The molecule has 0 aliphatic heterocycles. The Morgan fingerprint density at radius 1 is 1.22 bits per heavy atom. The van der Waals surface area contributed by atoms with Gasteiger partial charge in [0.05, 0.1) is 6.10 Å². The maximum absolute atomic E-state index is 10.3. The summed E-state index contributed by atoms with van der Waals surface area (Å²) in [6.07, 6.45) is 7.29. The first kappa shape index (κ1) is 12.7. The minimum absolute atomic E-state index is 0.173. The van der Waals surface area contributed by atoms with Crippen LogP contribution in [0.2, 0.25) is 0 Å². The lowest BCUT2D eigenvalue weighted by molar-refractivity contribution is 0.124. The highest BCUT2D eigenvalue weighted by Gasteiger charge is 2.39. The van der Waals surface area contributed by atoms with E-state index in [0.29, 0.717) is 0 Å². The molecule has 0 radical (unpaired) electrons. The lowest BCUT2D eigenvalue weighted by Crippen LogP contribution is -2.20. The maximum atomic E-state index is 10.3. The molecule has 0 amide bonds. The van der Waals surface area contributed by atoms with Crippen molar-refractivity contribution in [1.82, 2.24) is 0 Å². The second-order valence-corrected chi connectivity index (χ2v) is 6.97. The van der Waals surface area contributed by atoms with Crippen molar-refractivity contribution in [1.29, 1.82) is 0 Å². The molecule has 2 bridgehead atoms. The second-order valence-electron chi connectivity index (χ2n) is 6.12. The fraction of sp³-hybridized carbons (Fsp3) is 0.625. The van der Waals surface area contributed by atoms with Crippen LogP contribution < -0.4 is 0 Å². The third-order valence-corrected chi connectivity index (χ3v) is 5.65. The summed E-state index contributed by atoms with van der Waals surface area (Å²) in [4.78, 5) is 0. The van der Waals surface area contributed by atoms with Crippen LogP contribution in [0.4, 0.5) is 0 Å². The first-order valence-corrected chi connectivity index (χ1v) is 7.93. The lowest BCUT2D eigenvalue weighted by Gasteiger charge is -2.24. The molecule has 98 valence electrons. The fourth-order valence-corrected chi connectivity index (χ4v) is 4.46. The summed E-state index contributed by atoms with van der Waals surface area (Å²) in [5.41, 5.74) is 1.23. The van der Waals surface area contributed by atoms with Gasteiger partial charge in [0.2, 0.25) is 0 Å². The molecule has 1 nitrogen and oxygen atoms in total. The molecule has 2 fully saturated rings. The highest BCUT2D eigenvalue weighted by atomic mass is 79.9. The molecule has 4 unspecified atom stereocenters. The quantitative estimate of drug-likeness (QED) is 0.884. The zero-order valence-electron chi connectivity index (χ0n) is 10.7. The van der Waals surface area contributed by atoms with Gasteiger partial charge in [-0.05, 0) is 61.5 Å². The van der Waals surface area contributed by atoms with Gasteiger partial charge in [0.25, 0.3) is 0 Å². The van der Waals surface area contributed by atoms with Crippen molar-refractivity contribution in [3.8, 4) is 0 Å². The first-order chi connectivity index (χ1) is 8.72.